The molecule has 1 aliphatic heterocycles. The number of nitrogens with zero attached hydrogens (tertiary/aromatic N) is 1. The van der Waals surface area contributed by atoms with E-state index in [-0.39, 0.29) is 17.7 Å². The normalized spacial score (nSPS) is 34.5. The minimum atomic E-state index is -0.953. The minimum absolute atomic E-state index is 0.169. The molecule has 1 aliphatic carbocycles. The van der Waals surface area contributed by atoms with Crippen LogP contribution in [0.2, 0.25) is 0 Å². The molecule has 2 fully saturated rings. The zero-order valence-corrected chi connectivity index (χ0v) is 10.9. The van der Waals surface area contributed by atoms with Crippen molar-refractivity contribution in [2.24, 2.45) is 11.3 Å². The maximum atomic E-state index is 12.6. The van der Waals surface area contributed by atoms with E-state index in [1.54, 1.807) is 31.2 Å². The summed E-state index contributed by atoms with van der Waals surface area (Å²) < 4.78 is 0. The summed E-state index contributed by atoms with van der Waals surface area (Å²) in [5.74, 6) is -0.817. The van der Waals surface area contributed by atoms with E-state index in [1.165, 1.54) is 4.90 Å². The summed E-state index contributed by atoms with van der Waals surface area (Å²) in [6.07, 6.45) is 1.34. The standard InChI is InChI=1S/C15H17NO3/c1-15-11(8-5-9-12(15)17)13(18)16(14(15)19)10-6-3-2-4-7-10/h2-4,6-7,11-12,17H,5,8-9H2,1H3. The lowest BCUT2D eigenvalue weighted by Crippen LogP contribution is -2.46. The number of anilines is 1. The molecule has 100 valence electrons. The molecule has 3 unspecified atom stereocenters. The lowest BCUT2D eigenvalue weighted by Gasteiger charge is -2.36. The summed E-state index contributed by atoms with van der Waals surface area (Å²) in [6, 6.07) is 8.96. The Labute approximate surface area is 112 Å². The zero-order chi connectivity index (χ0) is 13.6. The smallest absolute Gasteiger partial charge is 0.243 e. The predicted molar refractivity (Wildman–Crippen MR) is 70.4 cm³/mol. The summed E-state index contributed by atoms with van der Waals surface area (Å²) in [5.41, 5.74) is -0.356. The van der Waals surface area contributed by atoms with Gasteiger partial charge in [0.2, 0.25) is 11.8 Å². The fourth-order valence-corrected chi connectivity index (χ4v) is 3.34. The van der Waals surface area contributed by atoms with E-state index in [9.17, 15) is 14.7 Å². The van der Waals surface area contributed by atoms with Crippen molar-refractivity contribution in [3.8, 4) is 0 Å². The van der Waals surface area contributed by atoms with E-state index < -0.39 is 11.5 Å². The number of carbonyl (C=O) groups excluding carboxylic acids is 2. The first kappa shape index (κ1) is 12.4. The molecule has 3 atom stereocenters. The monoisotopic (exact) mass is 259 g/mol. The Hall–Kier alpha value is -1.68. The molecule has 4 heteroatoms. The van der Waals surface area contributed by atoms with Crippen LogP contribution in [0, 0.1) is 11.3 Å². The van der Waals surface area contributed by atoms with Crippen molar-refractivity contribution < 1.29 is 14.7 Å². The highest BCUT2D eigenvalue weighted by Gasteiger charge is 2.61. The molecular weight excluding hydrogens is 242 g/mol. The Morgan fingerprint density at radius 1 is 1.21 bits per heavy atom. The van der Waals surface area contributed by atoms with E-state index in [4.69, 9.17) is 0 Å². The summed E-state index contributed by atoms with van der Waals surface area (Å²) >= 11 is 0. The van der Waals surface area contributed by atoms with E-state index in [2.05, 4.69) is 0 Å². The zero-order valence-electron chi connectivity index (χ0n) is 10.9. The molecule has 3 rings (SSSR count). The molecule has 1 N–H and O–H groups in total. The average molecular weight is 259 g/mol. The van der Waals surface area contributed by atoms with Gasteiger partial charge in [0.25, 0.3) is 0 Å². The third kappa shape index (κ3) is 1.56. The van der Waals surface area contributed by atoms with Gasteiger partial charge in [0.05, 0.1) is 23.1 Å². The lowest BCUT2D eigenvalue weighted by atomic mass is 9.67. The number of aliphatic hydroxyl groups is 1. The Bertz CT molecular complexity index is 527. The molecule has 1 heterocycles. The van der Waals surface area contributed by atoms with Crippen LogP contribution in [0.5, 0.6) is 0 Å². The average Bonchev–Trinajstić information content (AvgIpc) is 2.62. The van der Waals surface area contributed by atoms with E-state index in [0.717, 1.165) is 6.42 Å². The van der Waals surface area contributed by atoms with Crippen molar-refractivity contribution in [2.45, 2.75) is 32.3 Å². The van der Waals surface area contributed by atoms with Crippen LogP contribution in [0.15, 0.2) is 30.3 Å². The van der Waals surface area contributed by atoms with Gasteiger partial charge in [-0.15, -0.1) is 0 Å². The first-order valence-corrected chi connectivity index (χ1v) is 6.68. The molecule has 1 aromatic rings. The molecule has 19 heavy (non-hydrogen) atoms. The fourth-order valence-electron chi connectivity index (χ4n) is 3.34. The Morgan fingerprint density at radius 2 is 1.89 bits per heavy atom. The van der Waals surface area contributed by atoms with Crippen LogP contribution in [0.3, 0.4) is 0 Å². The largest absolute Gasteiger partial charge is 0.392 e. The number of carbonyl (C=O) groups is 2. The summed E-state index contributed by atoms with van der Waals surface area (Å²) in [7, 11) is 0. The second-order valence-electron chi connectivity index (χ2n) is 5.60. The molecule has 1 saturated heterocycles. The van der Waals surface area contributed by atoms with Crippen LogP contribution in [-0.4, -0.2) is 23.0 Å². The number of fused-ring (bicyclic) bond motifs is 1. The Morgan fingerprint density at radius 3 is 2.53 bits per heavy atom. The first-order valence-electron chi connectivity index (χ1n) is 6.68. The second-order valence-corrected chi connectivity index (χ2v) is 5.60. The molecule has 2 amide bonds. The third-order valence-electron chi connectivity index (χ3n) is 4.58. The molecule has 0 bridgehead atoms. The van der Waals surface area contributed by atoms with Crippen LogP contribution in [0.25, 0.3) is 0 Å². The van der Waals surface area contributed by atoms with Gasteiger partial charge < -0.3 is 5.11 Å². The highest BCUT2D eigenvalue weighted by atomic mass is 16.3. The van der Waals surface area contributed by atoms with Crippen LogP contribution < -0.4 is 4.90 Å². The molecular formula is C15H17NO3. The lowest BCUT2D eigenvalue weighted by molar-refractivity contribution is -0.138. The van der Waals surface area contributed by atoms with Crippen molar-refractivity contribution in [3.05, 3.63) is 30.3 Å². The van der Waals surface area contributed by atoms with Gasteiger partial charge in [0, 0.05) is 0 Å². The SMILES string of the molecule is CC12C(=O)N(c3ccccc3)C(=O)C1CCCC2O. The third-order valence-corrected chi connectivity index (χ3v) is 4.58. The molecule has 0 spiro atoms. The molecule has 0 radical (unpaired) electrons. The number of rotatable bonds is 1. The highest BCUT2D eigenvalue weighted by molar-refractivity contribution is 6.23. The first-order chi connectivity index (χ1) is 9.06. The number of para-hydroxylation sites is 1. The Balaban J connectivity index is 2.06. The number of aliphatic hydroxyl groups excluding tert-OH is 1. The van der Waals surface area contributed by atoms with Gasteiger partial charge in [-0.3, -0.25) is 9.59 Å². The fraction of sp³-hybridized carbons (Fsp3) is 0.467. The molecule has 1 aromatic carbocycles. The Kier molecular flexibility index (Phi) is 2.71. The molecule has 0 aromatic heterocycles. The van der Waals surface area contributed by atoms with Crippen molar-refractivity contribution in [2.75, 3.05) is 4.90 Å². The van der Waals surface area contributed by atoms with Crippen LogP contribution in [0.4, 0.5) is 5.69 Å². The number of hydrogen-bond acceptors (Lipinski definition) is 3. The predicted octanol–water partition coefficient (Wildman–Crippen LogP) is 1.73. The van der Waals surface area contributed by atoms with Crippen LogP contribution >= 0.6 is 0 Å². The molecule has 4 nitrogen and oxygen atoms in total. The number of benzene rings is 1. The van der Waals surface area contributed by atoms with Crippen LogP contribution in [-0.2, 0) is 9.59 Å². The van der Waals surface area contributed by atoms with Gasteiger partial charge in [0.15, 0.2) is 0 Å². The van der Waals surface area contributed by atoms with Gasteiger partial charge >= 0.3 is 0 Å². The van der Waals surface area contributed by atoms with Gasteiger partial charge in [-0.1, -0.05) is 24.6 Å². The number of amides is 2. The second kappa shape index (κ2) is 4.17. The van der Waals surface area contributed by atoms with Crippen LogP contribution in [0.1, 0.15) is 26.2 Å². The molecule has 2 aliphatic rings. The molecule has 1 saturated carbocycles. The quantitative estimate of drug-likeness (QED) is 0.781. The van der Waals surface area contributed by atoms with E-state index in [1.807, 2.05) is 6.07 Å². The van der Waals surface area contributed by atoms with Crippen molar-refractivity contribution in [1.29, 1.82) is 0 Å². The maximum Gasteiger partial charge on any atom is 0.243 e. The number of hydrogen-bond donors (Lipinski definition) is 1. The van der Waals surface area contributed by atoms with Crippen molar-refractivity contribution in [1.82, 2.24) is 0 Å². The highest BCUT2D eigenvalue weighted by Crippen LogP contribution is 2.49. The van der Waals surface area contributed by atoms with E-state index >= 15 is 0 Å². The van der Waals surface area contributed by atoms with Gasteiger partial charge in [-0.25, -0.2) is 4.90 Å². The van der Waals surface area contributed by atoms with Gasteiger partial charge in [-0.05, 0) is 31.9 Å². The van der Waals surface area contributed by atoms with Gasteiger partial charge in [-0.2, -0.15) is 0 Å². The number of imide groups is 1. The van der Waals surface area contributed by atoms with Crippen molar-refractivity contribution in [3.63, 3.8) is 0 Å². The summed E-state index contributed by atoms with van der Waals surface area (Å²) in [5, 5.41) is 10.2. The topological polar surface area (TPSA) is 57.6 Å². The minimum Gasteiger partial charge on any atom is -0.392 e. The summed E-state index contributed by atoms with van der Waals surface area (Å²) in [6.45, 7) is 1.73. The summed E-state index contributed by atoms with van der Waals surface area (Å²) in [4.78, 5) is 26.4. The van der Waals surface area contributed by atoms with Crippen molar-refractivity contribution >= 4 is 17.5 Å². The maximum absolute atomic E-state index is 12.6. The van der Waals surface area contributed by atoms with E-state index in [0.29, 0.717) is 18.5 Å². The van der Waals surface area contributed by atoms with Gasteiger partial charge in [0.1, 0.15) is 0 Å².